The number of hydrogen-bond donors (Lipinski definition) is 0. The van der Waals surface area contributed by atoms with E-state index in [1.807, 2.05) is 6.33 Å². The molecule has 1 aliphatic rings. The smallest absolute Gasteiger partial charge is 0.132 e. The molecule has 0 unspecified atom stereocenters. The molecule has 0 fully saturated rings. The maximum atomic E-state index is 4.03. The van der Waals surface area contributed by atoms with Gasteiger partial charge in [0.2, 0.25) is 0 Å². The molecule has 0 aromatic carbocycles. The molecule has 1 aliphatic heterocycles. The van der Waals surface area contributed by atoms with Crippen molar-refractivity contribution in [2.45, 2.75) is 32.2 Å². The summed E-state index contributed by atoms with van der Waals surface area (Å²) < 4.78 is 2.16. The molecule has 3 nitrogen and oxygen atoms in total. The lowest BCUT2D eigenvalue weighted by Crippen LogP contribution is -1.98. The van der Waals surface area contributed by atoms with E-state index in [-0.39, 0.29) is 0 Å². The predicted molar refractivity (Wildman–Crippen MR) is 37.6 cm³/mol. The van der Waals surface area contributed by atoms with Gasteiger partial charge in [-0.15, -0.1) is 10.2 Å². The topological polar surface area (TPSA) is 30.7 Å². The van der Waals surface area contributed by atoms with Crippen LogP contribution < -0.4 is 0 Å². The summed E-state index contributed by atoms with van der Waals surface area (Å²) in [7, 11) is 0. The van der Waals surface area contributed by atoms with E-state index in [4.69, 9.17) is 0 Å². The highest BCUT2D eigenvalue weighted by Crippen LogP contribution is 2.10. The van der Waals surface area contributed by atoms with E-state index in [0.29, 0.717) is 0 Å². The lowest BCUT2D eigenvalue weighted by molar-refractivity contribution is 0.632. The normalized spacial score (nSPS) is 18.0. The summed E-state index contributed by atoms with van der Waals surface area (Å²) in [4.78, 5) is 0. The van der Waals surface area contributed by atoms with E-state index in [0.717, 1.165) is 18.8 Å². The molecule has 0 saturated heterocycles. The summed E-state index contributed by atoms with van der Waals surface area (Å²) in [6, 6.07) is 0. The van der Waals surface area contributed by atoms with Gasteiger partial charge in [0, 0.05) is 13.0 Å². The molecule has 0 atom stereocenters. The maximum Gasteiger partial charge on any atom is 0.132 e. The Morgan fingerprint density at radius 2 is 2.30 bits per heavy atom. The molecule has 0 aliphatic carbocycles. The first-order chi connectivity index (χ1) is 4.97. The fourth-order valence-electron chi connectivity index (χ4n) is 1.40. The molecule has 1 aromatic rings. The second kappa shape index (κ2) is 2.40. The first-order valence-corrected chi connectivity index (χ1v) is 3.83. The van der Waals surface area contributed by atoms with Crippen LogP contribution in [0.1, 0.15) is 25.1 Å². The zero-order valence-electron chi connectivity index (χ0n) is 5.95. The number of nitrogens with zero attached hydrogens (tertiary/aromatic N) is 3. The van der Waals surface area contributed by atoms with Gasteiger partial charge in [0.1, 0.15) is 12.2 Å². The van der Waals surface area contributed by atoms with Gasteiger partial charge in [-0.1, -0.05) is 6.42 Å². The van der Waals surface area contributed by atoms with E-state index in [1.165, 1.54) is 19.3 Å². The largest absolute Gasteiger partial charge is 0.318 e. The summed E-state index contributed by atoms with van der Waals surface area (Å²) in [5.74, 6) is 1.16. The molecule has 0 spiro atoms. The van der Waals surface area contributed by atoms with E-state index >= 15 is 0 Å². The van der Waals surface area contributed by atoms with Crippen molar-refractivity contribution >= 4 is 0 Å². The zero-order chi connectivity index (χ0) is 6.81. The molecule has 10 heavy (non-hydrogen) atoms. The molecule has 0 saturated carbocycles. The molecule has 0 bridgehead atoms. The van der Waals surface area contributed by atoms with Crippen molar-refractivity contribution in [3.05, 3.63) is 12.2 Å². The maximum absolute atomic E-state index is 4.03. The number of aryl methyl sites for hydroxylation is 2. The van der Waals surface area contributed by atoms with Gasteiger partial charge in [0.05, 0.1) is 0 Å². The van der Waals surface area contributed by atoms with Crippen molar-refractivity contribution in [3.63, 3.8) is 0 Å². The van der Waals surface area contributed by atoms with Crippen LogP contribution in [-0.4, -0.2) is 14.8 Å². The molecule has 1 aromatic heterocycles. The first-order valence-electron chi connectivity index (χ1n) is 3.83. The van der Waals surface area contributed by atoms with Crippen molar-refractivity contribution in [1.82, 2.24) is 14.8 Å². The zero-order valence-corrected chi connectivity index (χ0v) is 5.95. The molecule has 0 N–H and O–H groups in total. The third-order valence-electron chi connectivity index (χ3n) is 2.00. The average molecular weight is 137 g/mol. The van der Waals surface area contributed by atoms with E-state index in [1.54, 1.807) is 0 Å². The Morgan fingerprint density at radius 3 is 3.30 bits per heavy atom. The van der Waals surface area contributed by atoms with Crippen molar-refractivity contribution < 1.29 is 0 Å². The van der Waals surface area contributed by atoms with Crippen LogP contribution in [0.5, 0.6) is 0 Å². The van der Waals surface area contributed by atoms with Crippen molar-refractivity contribution in [2.24, 2.45) is 0 Å². The van der Waals surface area contributed by atoms with Crippen LogP contribution in [0.2, 0.25) is 0 Å². The molecular formula is C7H11N3. The van der Waals surface area contributed by atoms with Crippen LogP contribution in [0.4, 0.5) is 0 Å². The van der Waals surface area contributed by atoms with Crippen molar-refractivity contribution in [1.29, 1.82) is 0 Å². The van der Waals surface area contributed by atoms with Gasteiger partial charge in [-0.05, 0) is 12.8 Å². The third kappa shape index (κ3) is 0.916. The lowest BCUT2D eigenvalue weighted by Gasteiger charge is -1.97. The van der Waals surface area contributed by atoms with Gasteiger partial charge in [-0.25, -0.2) is 0 Å². The second-order valence-corrected chi connectivity index (χ2v) is 2.75. The number of aromatic nitrogens is 3. The first kappa shape index (κ1) is 5.89. The number of rotatable bonds is 0. The Morgan fingerprint density at radius 1 is 1.30 bits per heavy atom. The Labute approximate surface area is 60.1 Å². The van der Waals surface area contributed by atoms with Crippen LogP contribution in [-0.2, 0) is 13.0 Å². The monoisotopic (exact) mass is 137 g/mol. The highest BCUT2D eigenvalue weighted by atomic mass is 15.3. The van der Waals surface area contributed by atoms with Crippen LogP contribution in [0.15, 0.2) is 6.33 Å². The quantitative estimate of drug-likeness (QED) is 0.534. The van der Waals surface area contributed by atoms with Gasteiger partial charge in [0.15, 0.2) is 0 Å². The Bertz CT molecular complexity index is 196. The molecule has 0 amide bonds. The summed E-state index contributed by atoms with van der Waals surface area (Å²) >= 11 is 0. The van der Waals surface area contributed by atoms with Gasteiger partial charge in [0.25, 0.3) is 0 Å². The minimum absolute atomic E-state index is 1.11. The van der Waals surface area contributed by atoms with Crippen molar-refractivity contribution in [2.75, 3.05) is 0 Å². The Hall–Kier alpha value is -0.860. The van der Waals surface area contributed by atoms with Gasteiger partial charge in [-0.3, -0.25) is 0 Å². The van der Waals surface area contributed by atoms with Crippen LogP contribution >= 0.6 is 0 Å². The minimum Gasteiger partial charge on any atom is -0.318 e. The number of hydrogen-bond acceptors (Lipinski definition) is 2. The molecule has 3 heteroatoms. The van der Waals surface area contributed by atoms with E-state index in [9.17, 15) is 0 Å². The molecule has 2 heterocycles. The molecule has 2 rings (SSSR count). The summed E-state index contributed by atoms with van der Waals surface area (Å²) in [5.41, 5.74) is 0. The Balaban J connectivity index is 2.28. The number of fused-ring (bicyclic) bond motifs is 1. The van der Waals surface area contributed by atoms with E-state index in [2.05, 4.69) is 14.8 Å². The van der Waals surface area contributed by atoms with Crippen LogP contribution in [0.25, 0.3) is 0 Å². The molecule has 54 valence electrons. The fraction of sp³-hybridized carbons (Fsp3) is 0.714. The highest BCUT2D eigenvalue weighted by molar-refractivity contribution is 4.87. The molecule has 0 radical (unpaired) electrons. The van der Waals surface area contributed by atoms with Gasteiger partial charge < -0.3 is 4.57 Å². The highest BCUT2D eigenvalue weighted by Gasteiger charge is 2.06. The predicted octanol–water partition coefficient (Wildman–Crippen LogP) is 1.00. The van der Waals surface area contributed by atoms with E-state index < -0.39 is 0 Å². The fourth-order valence-corrected chi connectivity index (χ4v) is 1.40. The van der Waals surface area contributed by atoms with Crippen molar-refractivity contribution in [3.8, 4) is 0 Å². The molecular weight excluding hydrogens is 126 g/mol. The lowest BCUT2D eigenvalue weighted by atomic mass is 10.2. The van der Waals surface area contributed by atoms with Crippen LogP contribution in [0.3, 0.4) is 0 Å². The third-order valence-corrected chi connectivity index (χ3v) is 2.00. The van der Waals surface area contributed by atoms with Gasteiger partial charge in [-0.2, -0.15) is 0 Å². The summed E-state index contributed by atoms with van der Waals surface area (Å²) in [6.07, 6.45) is 6.84. The van der Waals surface area contributed by atoms with Gasteiger partial charge >= 0.3 is 0 Å². The SMILES string of the molecule is c1nnc2n1CCCCC2. The second-order valence-electron chi connectivity index (χ2n) is 2.75. The standard InChI is InChI=1S/C7H11N3/c1-2-4-7-9-8-6-10(7)5-3-1/h6H,1-5H2. The van der Waals surface area contributed by atoms with Crippen LogP contribution in [0, 0.1) is 0 Å². The average Bonchev–Trinajstić information content (AvgIpc) is 2.28. The minimum atomic E-state index is 1.11. The summed E-state index contributed by atoms with van der Waals surface area (Å²) in [5, 5.41) is 7.89. The summed E-state index contributed by atoms with van der Waals surface area (Å²) in [6.45, 7) is 1.11. The Kier molecular flexibility index (Phi) is 1.42.